The molecule has 0 saturated carbocycles. The molecule has 0 aliphatic carbocycles. The number of hydrogen-bond donors (Lipinski definition) is 2. The molecule has 1 aliphatic heterocycles. The summed E-state index contributed by atoms with van der Waals surface area (Å²) in [6.45, 7) is 2.53. The van der Waals surface area contributed by atoms with Crippen LogP contribution < -0.4 is 5.32 Å². The van der Waals surface area contributed by atoms with Gasteiger partial charge in [-0.05, 0) is 54.4 Å². The number of carbonyl (C=O) groups is 1. The fourth-order valence-electron chi connectivity index (χ4n) is 3.55. The third-order valence-electron chi connectivity index (χ3n) is 5.04. The predicted octanol–water partition coefficient (Wildman–Crippen LogP) is 2.49. The van der Waals surface area contributed by atoms with Crippen molar-refractivity contribution in [2.75, 3.05) is 25.0 Å². The Hall–Kier alpha value is -3.10. The van der Waals surface area contributed by atoms with Crippen molar-refractivity contribution in [1.82, 2.24) is 25.5 Å². The van der Waals surface area contributed by atoms with E-state index in [-0.39, 0.29) is 11.9 Å². The third kappa shape index (κ3) is 5.24. The number of tetrazole rings is 1. The number of aromatic amines is 1. The molecule has 2 N–H and O–H groups in total. The molecule has 29 heavy (non-hydrogen) atoms. The number of anilines is 1. The molecule has 1 atom stereocenters. The summed E-state index contributed by atoms with van der Waals surface area (Å²) < 4.78 is 5.89. The maximum Gasteiger partial charge on any atom is 0.238 e. The molecule has 8 heteroatoms. The monoisotopic (exact) mass is 392 g/mol. The van der Waals surface area contributed by atoms with Gasteiger partial charge in [-0.3, -0.25) is 9.69 Å². The maximum atomic E-state index is 12.5. The Balaban J connectivity index is 1.25. The smallest absolute Gasteiger partial charge is 0.238 e. The number of nitrogens with one attached hydrogen (secondary N) is 2. The van der Waals surface area contributed by atoms with E-state index in [9.17, 15) is 4.79 Å². The van der Waals surface area contributed by atoms with Crippen LogP contribution >= 0.6 is 0 Å². The van der Waals surface area contributed by atoms with E-state index in [4.69, 9.17) is 4.74 Å². The lowest BCUT2D eigenvalue weighted by atomic mass is 10.2. The Morgan fingerprint density at radius 2 is 2.00 bits per heavy atom. The van der Waals surface area contributed by atoms with Crippen LogP contribution in [0.4, 0.5) is 5.69 Å². The second kappa shape index (κ2) is 9.40. The van der Waals surface area contributed by atoms with Crippen LogP contribution in [0, 0.1) is 0 Å². The first-order valence-electron chi connectivity index (χ1n) is 9.77. The molecule has 3 aromatic rings. The third-order valence-corrected chi connectivity index (χ3v) is 5.04. The van der Waals surface area contributed by atoms with Crippen molar-refractivity contribution in [3.8, 4) is 11.4 Å². The second-order valence-electron chi connectivity index (χ2n) is 7.13. The molecule has 2 heterocycles. The minimum Gasteiger partial charge on any atom is -0.375 e. The minimum absolute atomic E-state index is 0.0210. The Bertz CT molecular complexity index is 899. The molecule has 2 aromatic carbocycles. The van der Waals surface area contributed by atoms with Gasteiger partial charge in [0.05, 0.1) is 19.8 Å². The highest BCUT2D eigenvalue weighted by Gasteiger charge is 2.26. The van der Waals surface area contributed by atoms with Crippen LogP contribution in [0.3, 0.4) is 0 Å². The van der Waals surface area contributed by atoms with Crippen LogP contribution in [0.25, 0.3) is 11.4 Å². The molecule has 0 bridgehead atoms. The summed E-state index contributed by atoms with van der Waals surface area (Å²) >= 11 is 0. The summed E-state index contributed by atoms with van der Waals surface area (Å²) in [5.74, 6) is 0.505. The zero-order chi connectivity index (χ0) is 19.9. The topological polar surface area (TPSA) is 96.0 Å². The number of benzene rings is 2. The van der Waals surface area contributed by atoms with Crippen LogP contribution in [0.2, 0.25) is 0 Å². The normalized spacial score (nSPS) is 16.8. The quantitative estimate of drug-likeness (QED) is 0.611. The van der Waals surface area contributed by atoms with Crippen molar-refractivity contribution in [3.05, 3.63) is 60.2 Å². The molecule has 0 radical (unpaired) electrons. The van der Waals surface area contributed by atoms with E-state index < -0.39 is 0 Å². The van der Waals surface area contributed by atoms with Crippen LogP contribution in [-0.4, -0.2) is 57.2 Å². The van der Waals surface area contributed by atoms with Gasteiger partial charge in [-0.1, -0.05) is 30.3 Å². The van der Waals surface area contributed by atoms with Gasteiger partial charge in [-0.15, -0.1) is 10.2 Å². The molecule has 8 nitrogen and oxygen atoms in total. The molecular weight excluding hydrogens is 368 g/mol. The Kier molecular flexibility index (Phi) is 6.23. The Morgan fingerprint density at radius 1 is 1.17 bits per heavy atom. The molecule has 4 rings (SSSR count). The molecule has 0 unspecified atom stereocenters. The van der Waals surface area contributed by atoms with E-state index in [0.717, 1.165) is 30.6 Å². The van der Waals surface area contributed by atoms with Crippen molar-refractivity contribution in [2.45, 2.75) is 25.5 Å². The summed E-state index contributed by atoms with van der Waals surface area (Å²) in [6.07, 6.45) is 2.15. The first-order chi connectivity index (χ1) is 14.3. The average Bonchev–Trinajstić information content (AvgIpc) is 3.42. The van der Waals surface area contributed by atoms with Crippen molar-refractivity contribution in [1.29, 1.82) is 0 Å². The number of amides is 1. The van der Waals surface area contributed by atoms with Gasteiger partial charge >= 0.3 is 0 Å². The van der Waals surface area contributed by atoms with Crippen LogP contribution in [-0.2, 0) is 16.1 Å². The zero-order valence-electron chi connectivity index (χ0n) is 16.1. The lowest BCUT2D eigenvalue weighted by Gasteiger charge is -2.23. The summed E-state index contributed by atoms with van der Waals surface area (Å²) in [5, 5.41) is 16.8. The fraction of sp³-hybridized carbons (Fsp3) is 0.333. The van der Waals surface area contributed by atoms with E-state index in [2.05, 4.69) is 43.0 Å². The molecule has 1 aliphatic rings. The van der Waals surface area contributed by atoms with Gasteiger partial charge in [0.25, 0.3) is 0 Å². The van der Waals surface area contributed by atoms with Gasteiger partial charge in [-0.2, -0.15) is 5.21 Å². The molecule has 1 aromatic heterocycles. The summed E-state index contributed by atoms with van der Waals surface area (Å²) in [5.41, 5.74) is 2.75. The SMILES string of the molecule is O=C(CN1CCC[C@@H]1COCc1ccccc1)Nc1ccc(-c2nn[nH]n2)cc1. The van der Waals surface area contributed by atoms with E-state index in [1.165, 1.54) is 5.56 Å². The molecule has 1 fully saturated rings. The number of hydrogen-bond acceptors (Lipinski definition) is 6. The maximum absolute atomic E-state index is 12.5. The molecule has 150 valence electrons. The molecule has 0 spiro atoms. The standard InChI is InChI=1S/C21H24N6O2/c28-20(22-18-10-8-17(9-11-18)21-23-25-26-24-21)13-27-12-4-7-19(27)15-29-14-16-5-2-1-3-6-16/h1-3,5-6,8-11,19H,4,7,12-15H2,(H,22,28)(H,23,24,25,26)/t19-/m1/s1. The number of H-pyrrole nitrogens is 1. The van der Waals surface area contributed by atoms with Crippen LogP contribution in [0.5, 0.6) is 0 Å². The van der Waals surface area contributed by atoms with Gasteiger partial charge in [0, 0.05) is 17.3 Å². The number of nitrogens with zero attached hydrogens (tertiary/aromatic N) is 4. The fourth-order valence-corrected chi connectivity index (χ4v) is 3.55. The van der Waals surface area contributed by atoms with Gasteiger partial charge in [0.2, 0.25) is 11.7 Å². The van der Waals surface area contributed by atoms with Crippen molar-refractivity contribution in [3.63, 3.8) is 0 Å². The van der Waals surface area contributed by atoms with Gasteiger partial charge in [0.1, 0.15) is 0 Å². The highest BCUT2D eigenvalue weighted by atomic mass is 16.5. The first-order valence-corrected chi connectivity index (χ1v) is 9.77. The van der Waals surface area contributed by atoms with Gasteiger partial charge < -0.3 is 10.1 Å². The van der Waals surface area contributed by atoms with E-state index in [1.807, 2.05) is 42.5 Å². The molecule has 1 amide bonds. The summed E-state index contributed by atoms with van der Waals surface area (Å²) in [7, 11) is 0. The molecular formula is C21H24N6O2. The van der Waals surface area contributed by atoms with Gasteiger partial charge in [0.15, 0.2) is 0 Å². The predicted molar refractivity (Wildman–Crippen MR) is 109 cm³/mol. The largest absolute Gasteiger partial charge is 0.375 e. The van der Waals surface area contributed by atoms with Gasteiger partial charge in [-0.25, -0.2) is 0 Å². The summed E-state index contributed by atoms with van der Waals surface area (Å²) in [6, 6.07) is 17.8. The Morgan fingerprint density at radius 3 is 2.76 bits per heavy atom. The number of ether oxygens (including phenoxy) is 1. The van der Waals surface area contributed by atoms with Crippen LogP contribution in [0.15, 0.2) is 54.6 Å². The van der Waals surface area contributed by atoms with E-state index in [0.29, 0.717) is 25.6 Å². The van der Waals surface area contributed by atoms with Crippen molar-refractivity contribution in [2.24, 2.45) is 0 Å². The number of carbonyl (C=O) groups excluding carboxylic acids is 1. The second-order valence-corrected chi connectivity index (χ2v) is 7.13. The highest BCUT2D eigenvalue weighted by Crippen LogP contribution is 2.19. The number of rotatable bonds is 8. The average molecular weight is 392 g/mol. The minimum atomic E-state index is -0.0210. The van der Waals surface area contributed by atoms with E-state index in [1.54, 1.807) is 0 Å². The van der Waals surface area contributed by atoms with Crippen molar-refractivity contribution >= 4 is 11.6 Å². The van der Waals surface area contributed by atoms with Crippen LogP contribution in [0.1, 0.15) is 18.4 Å². The summed E-state index contributed by atoms with van der Waals surface area (Å²) in [4.78, 5) is 14.7. The first kappa shape index (κ1) is 19.2. The lowest BCUT2D eigenvalue weighted by molar-refractivity contribution is -0.117. The lowest BCUT2D eigenvalue weighted by Crippen LogP contribution is -2.39. The molecule has 1 saturated heterocycles. The number of aromatic nitrogens is 4. The highest BCUT2D eigenvalue weighted by molar-refractivity contribution is 5.92. The Labute approximate surface area is 169 Å². The van der Waals surface area contributed by atoms with Crippen molar-refractivity contribution < 1.29 is 9.53 Å². The number of likely N-dealkylation sites (tertiary alicyclic amines) is 1. The van der Waals surface area contributed by atoms with E-state index >= 15 is 0 Å². The zero-order valence-corrected chi connectivity index (χ0v) is 16.1.